The molecule has 1 aliphatic rings. The molecule has 3 aromatic rings. The summed E-state index contributed by atoms with van der Waals surface area (Å²) in [4.78, 5) is 4.06. The van der Waals surface area contributed by atoms with Crippen molar-refractivity contribution in [2.75, 3.05) is 12.3 Å². The van der Waals surface area contributed by atoms with Crippen LogP contribution < -0.4 is 15.2 Å². The van der Waals surface area contributed by atoms with Crippen LogP contribution in [-0.4, -0.2) is 32.7 Å². The fraction of sp³-hybridized carbons (Fsp3) is 0.188. The lowest BCUT2D eigenvalue weighted by atomic mass is 10.2. The quantitative estimate of drug-likeness (QED) is 0.793. The first-order chi connectivity index (χ1) is 11.3. The number of ether oxygens (including phenoxy) is 2. The monoisotopic (exact) mass is 309 g/mol. The van der Waals surface area contributed by atoms with Gasteiger partial charge in [0, 0.05) is 18.0 Å². The van der Waals surface area contributed by atoms with Crippen LogP contribution in [0.3, 0.4) is 0 Å². The van der Waals surface area contributed by atoms with Crippen molar-refractivity contribution >= 4 is 5.69 Å². The number of hydrogen-bond donors (Lipinski definition) is 1. The van der Waals surface area contributed by atoms with Crippen LogP contribution >= 0.6 is 0 Å². The van der Waals surface area contributed by atoms with E-state index in [1.807, 2.05) is 36.5 Å². The Bertz CT molecular complexity index is 833. The summed E-state index contributed by atoms with van der Waals surface area (Å²) in [5.74, 6) is 1.53. The van der Waals surface area contributed by atoms with E-state index in [4.69, 9.17) is 15.2 Å². The maximum absolute atomic E-state index is 5.92. The van der Waals surface area contributed by atoms with E-state index in [2.05, 4.69) is 15.3 Å². The number of para-hydroxylation sites is 2. The van der Waals surface area contributed by atoms with Gasteiger partial charge < -0.3 is 15.2 Å². The van der Waals surface area contributed by atoms with Crippen molar-refractivity contribution < 1.29 is 9.47 Å². The number of rotatable bonds is 3. The van der Waals surface area contributed by atoms with E-state index in [-0.39, 0.29) is 6.10 Å². The van der Waals surface area contributed by atoms with E-state index in [9.17, 15) is 0 Å². The maximum atomic E-state index is 5.92. The number of fused-ring (bicyclic) bond motifs is 1. The Kier molecular flexibility index (Phi) is 3.30. The number of benzene rings is 1. The fourth-order valence-corrected chi connectivity index (χ4v) is 2.48. The van der Waals surface area contributed by atoms with Crippen molar-refractivity contribution in [1.82, 2.24) is 20.0 Å². The lowest BCUT2D eigenvalue weighted by Gasteiger charge is -2.26. The van der Waals surface area contributed by atoms with Crippen molar-refractivity contribution in [3.63, 3.8) is 0 Å². The van der Waals surface area contributed by atoms with Crippen molar-refractivity contribution in [3.8, 4) is 22.8 Å². The Morgan fingerprint density at radius 1 is 1.22 bits per heavy atom. The van der Waals surface area contributed by atoms with Crippen LogP contribution in [-0.2, 0) is 6.54 Å². The number of hydrogen-bond acceptors (Lipinski definition) is 6. The summed E-state index contributed by atoms with van der Waals surface area (Å²) in [5, 5.41) is 8.29. The summed E-state index contributed by atoms with van der Waals surface area (Å²) in [6.07, 6.45) is 5.04. The number of nitrogen functional groups attached to an aromatic ring is 1. The van der Waals surface area contributed by atoms with Crippen molar-refractivity contribution in [2.45, 2.75) is 12.6 Å². The van der Waals surface area contributed by atoms with Gasteiger partial charge in [-0.05, 0) is 18.2 Å². The number of anilines is 1. The van der Waals surface area contributed by atoms with Crippen LogP contribution in [0, 0.1) is 0 Å². The Balaban J connectivity index is 1.48. The van der Waals surface area contributed by atoms with Gasteiger partial charge in [0.05, 0.1) is 18.4 Å². The molecule has 2 N–H and O–H groups in total. The van der Waals surface area contributed by atoms with Gasteiger partial charge in [0.2, 0.25) is 0 Å². The van der Waals surface area contributed by atoms with Gasteiger partial charge in [0.15, 0.2) is 17.6 Å². The average Bonchev–Trinajstić information content (AvgIpc) is 3.03. The van der Waals surface area contributed by atoms with Gasteiger partial charge in [0.25, 0.3) is 0 Å². The molecular formula is C16H15N5O2. The zero-order valence-corrected chi connectivity index (χ0v) is 12.3. The molecule has 4 rings (SSSR count). The van der Waals surface area contributed by atoms with E-state index in [1.54, 1.807) is 17.1 Å². The Morgan fingerprint density at radius 2 is 2.09 bits per heavy atom. The molecule has 1 atom stereocenters. The Labute approximate surface area is 132 Å². The fourth-order valence-electron chi connectivity index (χ4n) is 2.48. The summed E-state index contributed by atoms with van der Waals surface area (Å²) >= 11 is 0. The molecular weight excluding hydrogens is 294 g/mol. The van der Waals surface area contributed by atoms with E-state index < -0.39 is 0 Å². The van der Waals surface area contributed by atoms with Crippen molar-refractivity contribution in [2.24, 2.45) is 0 Å². The molecule has 7 nitrogen and oxygen atoms in total. The summed E-state index contributed by atoms with van der Waals surface area (Å²) in [7, 11) is 0. The molecule has 0 aliphatic carbocycles. The van der Waals surface area contributed by atoms with Gasteiger partial charge in [-0.25, -0.2) is 4.68 Å². The minimum absolute atomic E-state index is 0.113. The molecule has 1 aromatic carbocycles. The van der Waals surface area contributed by atoms with E-state index >= 15 is 0 Å². The molecule has 0 radical (unpaired) electrons. The SMILES string of the molecule is Nc1cncc(-c2cn(CC3COc4ccccc4O3)nn2)c1. The zero-order chi connectivity index (χ0) is 15.6. The molecule has 0 bridgehead atoms. The lowest BCUT2D eigenvalue weighted by molar-refractivity contribution is 0.0755. The number of pyridine rings is 1. The van der Waals surface area contributed by atoms with Gasteiger partial charge >= 0.3 is 0 Å². The summed E-state index contributed by atoms with van der Waals surface area (Å²) in [6.45, 7) is 1.03. The van der Waals surface area contributed by atoms with Gasteiger partial charge in [-0.1, -0.05) is 17.3 Å². The molecule has 0 amide bonds. The van der Waals surface area contributed by atoms with E-state index in [0.29, 0.717) is 18.8 Å². The highest BCUT2D eigenvalue weighted by Gasteiger charge is 2.21. The minimum atomic E-state index is -0.113. The number of nitrogens with two attached hydrogens (primary N) is 1. The normalized spacial score (nSPS) is 16.3. The first kappa shape index (κ1) is 13.6. The third-order valence-corrected chi connectivity index (χ3v) is 3.55. The molecule has 2 aromatic heterocycles. The molecule has 1 unspecified atom stereocenters. The molecule has 3 heterocycles. The summed E-state index contributed by atoms with van der Waals surface area (Å²) in [5.41, 5.74) is 7.90. The zero-order valence-electron chi connectivity index (χ0n) is 12.3. The van der Waals surface area contributed by atoms with Gasteiger partial charge in [0.1, 0.15) is 12.3 Å². The van der Waals surface area contributed by atoms with Crippen LogP contribution in [0.5, 0.6) is 11.5 Å². The maximum Gasteiger partial charge on any atom is 0.161 e. The highest BCUT2D eigenvalue weighted by Crippen LogP contribution is 2.31. The molecule has 0 saturated heterocycles. The van der Waals surface area contributed by atoms with Gasteiger partial charge in [-0.15, -0.1) is 5.10 Å². The Morgan fingerprint density at radius 3 is 2.96 bits per heavy atom. The van der Waals surface area contributed by atoms with Crippen LogP contribution in [0.4, 0.5) is 5.69 Å². The topological polar surface area (TPSA) is 88.1 Å². The third kappa shape index (κ3) is 2.80. The standard InChI is InChI=1S/C16H15N5O2/c17-12-5-11(6-18-7-12)14-9-21(20-19-14)8-13-10-22-15-3-1-2-4-16(15)23-13/h1-7,9,13H,8,10,17H2. The van der Waals surface area contributed by atoms with Gasteiger partial charge in [-0.3, -0.25) is 4.98 Å². The van der Waals surface area contributed by atoms with Crippen molar-refractivity contribution in [1.29, 1.82) is 0 Å². The van der Waals surface area contributed by atoms with Crippen LogP contribution in [0.2, 0.25) is 0 Å². The second kappa shape index (κ2) is 5.60. The summed E-state index contributed by atoms with van der Waals surface area (Å²) in [6, 6.07) is 9.45. The molecule has 1 aliphatic heterocycles. The second-order valence-corrected chi connectivity index (χ2v) is 5.33. The van der Waals surface area contributed by atoms with Crippen molar-refractivity contribution in [3.05, 3.63) is 48.9 Å². The van der Waals surface area contributed by atoms with Gasteiger partial charge in [-0.2, -0.15) is 0 Å². The van der Waals surface area contributed by atoms with Crippen LogP contribution in [0.15, 0.2) is 48.9 Å². The highest BCUT2D eigenvalue weighted by atomic mass is 16.6. The van der Waals surface area contributed by atoms with E-state index in [1.165, 1.54) is 0 Å². The van der Waals surface area contributed by atoms with Crippen LogP contribution in [0.1, 0.15) is 0 Å². The Hall–Kier alpha value is -3.09. The first-order valence-electron chi connectivity index (χ1n) is 7.27. The van der Waals surface area contributed by atoms with Crippen LogP contribution in [0.25, 0.3) is 11.3 Å². The number of aromatic nitrogens is 4. The second-order valence-electron chi connectivity index (χ2n) is 5.33. The first-order valence-corrected chi connectivity index (χ1v) is 7.27. The molecule has 116 valence electrons. The number of nitrogens with zero attached hydrogens (tertiary/aromatic N) is 4. The predicted molar refractivity (Wildman–Crippen MR) is 84.0 cm³/mol. The molecule has 0 fully saturated rings. The molecule has 7 heteroatoms. The minimum Gasteiger partial charge on any atom is -0.486 e. The summed E-state index contributed by atoms with van der Waals surface area (Å²) < 4.78 is 13.4. The highest BCUT2D eigenvalue weighted by molar-refractivity contribution is 5.61. The molecule has 0 spiro atoms. The lowest BCUT2D eigenvalue weighted by Crippen LogP contribution is -2.33. The molecule has 0 saturated carbocycles. The average molecular weight is 309 g/mol. The predicted octanol–water partition coefficient (Wildman–Crippen LogP) is 1.76. The molecule has 23 heavy (non-hydrogen) atoms. The smallest absolute Gasteiger partial charge is 0.161 e. The largest absolute Gasteiger partial charge is 0.486 e. The third-order valence-electron chi connectivity index (χ3n) is 3.55. The van der Waals surface area contributed by atoms with E-state index in [0.717, 1.165) is 22.8 Å².